The molecule has 2 aromatic heterocycles. The molecule has 0 aliphatic rings. The quantitative estimate of drug-likeness (QED) is 0.616. The van der Waals surface area contributed by atoms with Crippen LogP contribution in [0.25, 0.3) is 10.9 Å². The number of H-pyrrole nitrogens is 2. The number of carbonyl (C=O) groups excluding carboxylic acids is 1. The summed E-state index contributed by atoms with van der Waals surface area (Å²) < 4.78 is 32.2. The van der Waals surface area contributed by atoms with Gasteiger partial charge in [-0.05, 0) is 31.2 Å². The van der Waals surface area contributed by atoms with E-state index in [1.54, 1.807) is 31.3 Å². The number of nitrogens with zero attached hydrogens (tertiary/aromatic N) is 1. The first kappa shape index (κ1) is 15.1. The smallest absolute Gasteiger partial charge is 0.342 e. The van der Waals surface area contributed by atoms with E-state index in [1.165, 1.54) is 0 Å². The second kappa shape index (κ2) is 5.76. The molecule has 0 fully saturated rings. The van der Waals surface area contributed by atoms with Gasteiger partial charge in [0.25, 0.3) is 10.0 Å². The van der Waals surface area contributed by atoms with Gasteiger partial charge in [-0.15, -0.1) is 0 Å². The second-order valence-corrected chi connectivity index (χ2v) is 6.34. The van der Waals surface area contributed by atoms with Crippen LogP contribution in [0.4, 0.5) is 5.69 Å². The van der Waals surface area contributed by atoms with Crippen LogP contribution in [0.2, 0.25) is 0 Å². The third kappa shape index (κ3) is 2.90. The van der Waals surface area contributed by atoms with Gasteiger partial charge in [-0.25, -0.2) is 4.79 Å². The maximum absolute atomic E-state index is 12.5. The number of benzene rings is 1. The summed E-state index contributed by atoms with van der Waals surface area (Å²) in [6.07, 6.45) is 2.89. The van der Waals surface area contributed by atoms with Crippen LogP contribution >= 0.6 is 0 Å². The molecule has 3 rings (SSSR count). The van der Waals surface area contributed by atoms with Crippen LogP contribution in [0.15, 0.2) is 41.7 Å². The van der Waals surface area contributed by atoms with Gasteiger partial charge in [-0.1, -0.05) is 0 Å². The number of anilines is 1. The standard InChI is InChI=1S/C14H14N4O4S/c1-2-22-14(19)11-8-16-17-13(11)23(20,21)18-10-3-4-12-9(7-10)5-6-15-12/h3-8,15,18H,2H2,1H3,(H,16,17). The van der Waals surface area contributed by atoms with E-state index < -0.39 is 16.0 Å². The van der Waals surface area contributed by atoms with E-state index in [0.29, 0.717) is 5.69 Å². The van der Waals surface area contributed by atoms with Crippen LogP contribution in [0, 0.1) is 0 Å². The largest absolute Gasteiger partial charge is 0.462 e. The van der Waals surface area contributed by atoms with Crippen molar-refractivity contribution in [1.29, 1.82) is 0 Å². The number of hydrogen-bond acceptors (Lipinski definition) is 5. The number of nitrogens with one attached hydrogen (secondary N) is 3. The molecule has 0 amide bonds. The van der Waals surface area contributed by atoms with Crippen molar-refractivity contribution < 1.29 is 17.9 Å². The molecule has 9 heteroatoms. The fourth-order valence-corrected chi connectivity index (χ4v) is 3.29. The molecule has 23 heavy (non-hydrogen) atoms. The highest BCUT2D eigenvalue weighted by Crippen LogP contribution is 2.22. The summed E-state index contributed by atoms with van der Waals surface area (Å²) in [7, 11) is -3.99. The highest BCUT2D eigenvalue weighted by Gasteiger charge is 2.26. The number of esters is 1. The third-order valence-corrected chi connectivity index (χ3v) is 4.53. The molecule has 8 nitrogen and oxygen atoms in total. The minimum absolute atomic E-state index is 0.137. The van der Waals surface area contributed by atoms with Crippen molar-refractivity contribution in [1.82, 2.24) is 15.2 Å². The molecule has 3 aromatic rings. The molecule has 3 N–H and O–H groups in total. The first-order chi connectivity index (χ1) is 11.0. The average molecular weight is 334 g/mol. The van der Waals surface area contributed by atoms with Gasteiger partial charge in [0.05, 0.1) is 12.8 Å². The molecule has 0 saturated carbocycles. The van der Waals surface area contributed by atoms with Crippen LogP contribution in [0.5, 0.6) is 0 Å². The molecule has 120 valence electrons. The first-order valence-corrected chi connectivity index (χ1v) is 8.30. The number of rotatable bonds is 5. The Bertz CT molecular complexity index is 958. The average Bonchev–Trinajstić information content (AvgIpc) is 3.16. The predicted molar refractivity (Wildman–Crippen MR) is 83.7 cm³/mol. The lowest BCUT2D eigenvalue weighted by molar-refractivity contribution is 0.0522. The zero-order valence-corrected chi connectivity index (χ0v) is 13.0. The molecule has 0 bridgehead atoms. The Balaban J connectivity index is 1.92. The van der Waals surface area contributed by atoms with E-state index in [0.717, 1.165) is 17.1 Å². The van der Waals surface area contributed by atoms with Crippen molar-refractivity contribution in [3.8, 4) is 0 Å². The predicted octanol–water partition coefficient (Wildman–Crippen LogP) is 1.87. The van der Waals surface area contributed by atoms with Crippen LogP contribution in [-0.2, 0) is 14.8 Å². The molecule has 0 unspecified atom stereocenters. The topological polar surface area (TPSA) is 117 Å². The van der Waals surface area contributed by atoms with E-state index in [1.807, 2.05) is 6.07 Å². The lowest BCUT2D eigenvalue weighted by atomic mass is 10.2. The van der Waals surface area contributed by atoms with Gasteiger partial charge in [0.15, 0.2) is 5.03 Å². The summed E-state index contributed by atoms with van der Waals surface area (Å²) in [5.74, 6) is -0.747. The van der Waals surface area contributed by atoms with Crippen molar-refractivity contribution in [3.63, 3.8) is 0 Å². The van der Waals surface area contributed by atoms with E-state index >= 15 is 0 Å². The molecular weight excluding hydrogens is 320 g/mol. The second-order valence-electron chi connectivity index (χ2n) is 4.72. The third-order valence-electron chi connectivity index (χ3n) is 3.17. The van der Waals surface area contributed by atoms with E-state index in [4.69, 9.17) is 4.74 Å². The van der Waals surface area contributed by atoms with Gasteiger partial charge in [-0.3, -0.25) is 9.82 Å². The Kier molecular flexibility index (Phi) is 3.78. The maximum atomic E-state index is 12.5. The monoisotopic (exact) mass is 334 g/mol. The van der Waals surface area contributed by atoms with Gasteiger partial charge < -0.3 is 9.72 Å². The Morgan fingerprint density at radius 2 is 2.17 bits per heavy atom. The number of ether oxygens (including phenoxy) is 1. The van der Waals surface area contributed by atoms with Crippen molar-refractivity contribution in [2.45, 2.75) is 11.9 Å². The maximum Gasteiger partial charge on any atom is 0.342 e. The fraction of sp³-hybridized carbons (Fsp3) is 0.143. The van der Waals surface area contributed by atoms with Crippen molar-refractivity contribution in [2.75, 3.05) is 11.3 Å². The number of sulfonamides is 1. The van der Waals surface area contributed by atoms with Gasteiger partial charge in [-0.2, -0.15) is 13.5 Å². The molecule has 0 spiro atoms. The number of aromatic amines is 2. The Labute approximate surface area is 131 Å². The number of carbonyl (C=O) groups is 1. The first-order valence-electron chi connectivity index (χ1n) is 6.81. The van der Waals surface area contributed by atoms with Crippen LogP contribution < -0.4 is 4.72 Å². The van der Waals surface area contributed by atoms with Crippen molar-refractivity contribution >= 4 is 32.6 Å². The Morgan fingerprint density at radius 1 is 1.35 bits per heavy atom. The van der Waals surface area contributed by atoms with Crippen LogP contribution in [-0.4, -0.2) is 36.2 Å². The summed E-state index contributed by atoms with van der Waals surface area (Å²) in [5, 5.41) is 6.49. The van der Waals surface area contributed by atoms with Gasteiger partial charge >= 0.3 is 5.97 Å². The molecule has 0 aliphatic heterocycles. The van der Waals surface area contributed by atoms with E-state index in [-0.39, 0.29) is 17.2 Å². The molecular formula is C14H14N4O4S. The number of hydrogen-bond donors (Lipinski definition) is 3. The molecule has 0 aliphatic carbocycles. The van der Waals surface area contributed by atoms with Gasteiger partial charge in [0.2, 0.25) is 0 Å². The molecule has 0 radical (unpaired) electrons. The number of aromatic nitrogens is 3. The summed E-state index contributed by atoms with van der Waals surface area (Å²) in [6, 6.07) is 6.89. The highest BCUT2D eigenvalue weighted by atomic mass is 32.2. The zero-order valence-electron chi connectivity index (χ0n) is 12.2. The van der Waals surface area contributed by atoms with Crippen LogP contribution in [0.1, 0.15) is 17.3 Å². The lowest BCUT2D eigenvalue weighted by Gasteiger charge is -2.08. The SMILES string of the molecule is CCOC(=O)c1cn[nH]c1S(=O)(=O)Nc1ccc2[nH]ccc2c1. The summed E-state index contributed by atoms with van der Waals surface area (Å²) in [4.78, 5) is 14.8. The van der Waals surface area contributed by atoms with Gasteiger partial charge in [0.1, 0.15) is 5.56 Å². The number of fused-ring (bicyclic) bond motifs is 1. The minimum Gasteiger partial charge on any atom is -0.462 e. The molecule has 0 atom stereocenters. The van der Waals surface area contributed by atoms with Crippen molar-refractivity contribution in [3.05, 3.63) is 42.2 Å². The van der Waals surface area contributed by atoms with Crippen molar-refractivity contribution in [2.24, 2.45) is 0 Å². The molecule has 2 heterocycles. The Hall–Kier alpha value is -2.81. The highest BCUT2D eigenvalue weighted by molar-refractivity contribution is 7.92. The van der Waals surface area contributed by atoms with E-state index in [9.17, 15) is 13.2 Å². The summed E-state index contributed by atoms with van der Waals surface area (Å²) in [6.45, 7) is 1.78. The molecule has 0 saturated heterocycles. The zero-order chi connectivity index (χ0) is 16.4. The summed E-state index contributed by atoms with van der Waals surface area (Å²) in [5.41, 5.74) is 1.13. The van der Waals surface area contributed by atoms with Crippen LogP contribution in [0.3, 0.4) is 0 Å². The van der Waals surface area contributed by atoms with E-state index in [2.05, 4.69) is 19.9 Å². The fourth-order valence-electron chi connectivity index (χ4n) is 2.16. The summed E-state index contributed by atoms with van der Waals surface area (Å²) >= 11 is 0. The molecule has 1 aromatic carbocycles. The van der Waals surface area contributed by atoms with Gasteiger partial charge in [0, 0.05) is 22.8 Å². The normalized spacial score (nSPS) is 11.5. The lowest BCUT2D eigenvalue weighted by Crippen LogP contribution is -2.17. The minimum atomic E-state index is -3.99. The Morgan fingerprint density at radius 3 is 2.96 bits per heavy atom.